The third-order valence-corrected chi connectivity index (χ3v) is 17.8. The predicted octanol–water partition coefficient (Wildman–Crippen LogP) is 15.1. The van der Waals surface area contributed by atoms with E-state index in [9.17, 15) is 9.59 Å². The van der Waals surface area contributed by atoms with Gasteiger partial charge in [-0.2, -0.15) is 0 Å². The minimum atomic E-state index is -0.781. The first-order valence-corrected chi connectivity index (χ1v) is 29.0. The summed E-state index contributed by atoms with van der Waals surface area (Å²) in [5.41, 5.74) is 2.19. The number of likely N-dealkylation sites (tertiary alicyclic amines) is 1. The van der Waals surface area contributed by atoms with E-state index in [-0.39, 0.29) is 24.2 Å². The first kappa shape index (κ1) is 56.8. The molecule has 1 heterocycles. The van der Waals surface area contributed by atoms with Gasteiger partial charge in [0.25, 0.3) is 0 Å². The zero-order valence-corrected chi connectivity index (χ0v) is 45.0. The molecule has 1 aliphatic heterocycles. The second-order valence-corrected chi connectivity index (χ2v) is 23.5. The van der Waals surface area contributed by atoms with Gasteiger partial charge < -0.3 is 29.2 Å². The highest BCUT2D eigenvalue weighted by Crippen LogP contribution is 2.67. The topological polar surface area (TPSA) is 86.3 Å². The van der Waals surface area contributed by atoms with Crippen molar-refractivity contribution in [3.8, 4) is 0 Å². The SMILES string of the molecule is CCCCC/C=C\C/C=C\CCCCCCCCOCC(CN1CCCCC1)OCCCOC(=O)[C@H](C)NC(=O)O[C@H]1CC[C@@]2(C)C(=CCC3C2CC[C@@]2(C)C3CC[C@@H]2[C@H](C)CCCC(C)C)C1. The van der Waals surface area contributed by atoms with Crippen LogP contribution in [0.5, 0.6) is 0 Å². The maximum Gasteiger partial charge on any atom is 0.408 e. The molecule has 4 fully saturated rings. The van der Waals surface area contributed by atoms with Gasteiger partial charge in [0.15, 0.2) is 0 Å². The van der Waals surface area contributed by atoms with E-state index < -0.39 is 18.1 Å². The van der Waals surface area contributed by atoms with Crippen LogP contribution in [0.4, 0.5) is 4.79 Å². The standard InChI is InChI=1S/C60H104N2O6/c1-8-9-10-11-12-13-14-15-16-17-18-19-20-21-22-26-41-65-46-52(45-62-39-24-23-25-40-62)66-42-28-43-67-57(63)49(5)61-58(64)68-51-35-37-59(6)50(44-51)31-32-53-55-34-33-54(48(4)30-27-29-47(2)3)60(55,7)38-36-56(53)59/h12-13,15-16,31,47-49,51-56H,8-11,14,17-30,32-46H2,1-7H3,(H,61,64)/b13-12-,16-15-/t48-,49+,51+,52?,53?,54-,55?,56?,59+,60-/m1/s1. The number of rotatable bonds is 32. The molecule has 5 rings (SSSR count). The van der Waals surface area contributed by atoms with Crippen LogP contribution in [0.15, 0.2) is 36.0 Å². The molecule has 4 unspecified atom stereocenters. The van der Waals surface area contributed by atoms with Gasteiger partial charge in [-0.25, -0.2) is 9.59 Å². The van der Waals surface area contributed by atoms with Gasteiger partial charge >= 0.3 is 12.1 Å². The Hall–Kier alpha value is -2.16. The largest absolute Gasteiger partial charge is 0.464 e. The molecule has 0 aromatic rings. The zero-order valence-electron chi connectivity index (χ0n) is 45.0. The number of amides is 1. The highest BCUT2D eigenvalue weighted by Gasteiger charge is 2.59. The number of fused-ring (bicyclic) bond motifs is 5. The first-order chi connectivity index (χ1) is 32.9. The zero-order chi connectivity index (χ0) is 48.6. The van der Waals surface area contributed by atoms with Crippen LogP contribution < -0.4 is 5.32 Å². The molecule has 4 aliphatic carbocycles. The van der Waals surface area contributed by atoms with Crippen molar-refractivity contribution in [3.63, 3.8) is 0 Å². The average molecular weight is 949 g/mol. The number of alkyl carbamates (subject to hydrolysis) is 1. The van der Waals surface area contributed by atoms with Crippen molar-refractivity contribution in [1.29, 1.82) is 0 Å². The summed E-state index contributed by atoms with van der Waals surface area (Å²) in [6, 6.07) is -0.781. The van der Waals surface area contributed by atoms with Gasteiger partial charge in [0.1, 0.15) is 12.1 Å². The third kappa shape index (κ3) is 18.2. The molecular weight excluding hydrogens is 845 g/mol. The molecule has 1 amide bonds. The molecule has 1 N–H and O–H groups in total. The maximum atomic E-state index is 13.1. The van der Waals surface area contributed by atoms with Crippen molar-refractivity contribution in [1.82, 2.24) is 10.2 Å². The molecule has 8 heteroatoms. The van der Waals surface area contributed by atoms with Gasteiger partial charge in [0.2, 0.25) is 0 Å². The fraction of sp³-hybridized carbons (Fsp3) is 0.867. The Balaban J connectivity index is 0.928. The van der Waals surface area contributed by atoms with E-state index in [2.05, 4.69) is 82.1 Å². The molecule has 0 aromatic carbocycles. The predicted molar refractivity (Wildman–Crippen MR) is 282 cm³/mol. The van der Waals surface area contributed by atoms with Crippen molar-refractivity contribution in [2.24, 2.45) is 46.3 Å². The number of nitrogens with zero attached hydrogens (tertiary/aromatic N) is 1. The van der Waals surface area contributed by atoms with Crippen LogP contribution in [-0.2, 0) is 23.7 Å². The van der Waals surface area contributed by atoms with E-state index in [0.29, 0.717) is 25.0 Å². The molecule has 0 aromatic heterocycles. The summed E-state index contributed by atoms with van der Waals surface area (Å²) >= 11 is 0. The summed E-state index contributed by atoms with van der Waals surface area (Å²) < 4.78 is 24.1. The highest BCUT2D eigenvalue weighted by molar-refractivity contribution is 5.80. The molecule has 390 valence electrons. The van der Waals surface area contributed by atoms with Gasteiger partial charge in [-0.15, -0.1) is 0 Å². The van der Waals surface area contributed by atoms with Crippen molar-refractivity contribution < 1.29 is 28.5 Å². The van der Waals surface area contributed by atoms with Crippen molar-refractivity contribution in [3.05, 3.63) is 36.0 Å². The van der Waals surface area contributed by atoms with Gasteiger partial charge in [-0.3, -0.25) is 0 Å². The van der Waals surface area contributed by atoms with Gasteiger partial charge in [0, 0.05) is 26.0 Å². The maximum absolute atomic E-state index is 13.1. The summed E-state index contributed by atoms with van der Waals surface area (Å²) in [5, 5.41) is 2.77. The lowest BCUT2D eigenvalue weighted by atomic mass is 9.47. The average Bonchev–Trinajstić information content (AvgIpc) is 3.68. The number of allylic oxidation sites excluding steroid dienone is 5. The number of piperidine rings is 1. The highest BCUT2D eigenvalue weighted by atomic mass is 16.6. The van der Waals surface area contributed by atoms with Crippen LogP contribution in [0.25, 0.3) is 0 Å². The molecule has 8 nitrogen and oxygen atoms in total. The monoisotopic (exact) mass is 949 g/mol. The molecule has 3 saturated carbocycles. The Morgan fingerprint density at radius 1 is 0.779 bits per heavy atom. The summed E-state index contributed by atoms with van der Waals surface area (Å²) in [4.78, 5) is 28.6. The molecule has 5 aliphatic rings. The van der Waals surface area contributed by atoms with Crippen LogP contribution in [-0.4, -0.2) is 81.3 Å². The van der Waals surface area contributed by atoms with E-state index in [1.807, 2.05) is 0 Å². The second kappa shape index (κ2) is 30.7. The van der Waals surface area contributed by atoms with E-state index in [1.165, 1.54) is 140 Å². The van der Waals surface area contributed by atoms with Crippen LogP contribution in [0.2, 0.25) is 0 Å². The summed E-state index contributed by atoms with van der Waals surface area (Å²) in [6.07, 6.45) is 44.1. The number of esters is 1. The van der Waals surface area contributed by atoms with Crippen LogP contribution in [0.1, 0.15) is 222 Å². The van der Waals surface area contributed by atoms with E-state index in [1.54, 1.807) is 6.92 Å². The normalized spacial score (nSPS) is 28.8. The van der Waals surface area contributed by atoms with Crippen molar-refractivity contribution in [2.75, 3.05) is 46.1 Å². The third-order valence-electron chi connectivity index (χ3n) is 17.8. The molecule has 1 saturated heterocycles. The summed E-state index contributed by atoms with van der Waals surface area (Å²) in [5.74, 6) is 4.41. The minimum absolute atomic E-state index is 0.00352. The van der Waals surface area contributed by atoms with Crippen LogP contribution >= 0.6 is 0 Å². The Kier molecular flexibility index (Phi) is 25.6. The van der Waals surface area contributed by atoms with Crippen molar-refractivity contribution >= 4 is 12.1 Å². The van der Waals surface area contributed by atoms with E-state index in [4.69, 9.17) is 18.9 Å². The van der Waals surface area contributed by atoms with Crippen LogP contribution in [0.3, 0.4) is 0 Å². The Morgan fingerprint density at radius 3 is 2.26 bits per heavy atom. The number of carbonyl (C=O) groups excluding carboxylic acids is 2. The lowest BCUT2D eigenvalue weighted by molar-refractivity contribution is -0.146. The number of carbonyl (C=O) groups is 2. The summed E-state index contributed by atoms with van der Waals surface area (Å²) in [7, 11) is 0. The van der Waals surface area contributed by atoms with Gasteiger partial charge in [-0.05, 0) is 163 Å². The summed E-state index contributed by atoms with van der Waals surface area (Å²) in [6.45, 7) is 21.7. The number of ether oxygens (including phenoxy) is 4. The van der Waals surface area contributed by atoms with Gasteiger partial charge in [-0.1, -0.05) is 142 Å². The lowest BCUT2D eigenvalue weighted by Gasteiger charge is -2.58. The quantitative estimate of drug-likeness (QED) is 0.0408. The van der Waals surface area contributed by atoms with E-state index in [0.717, 1.165) is 93.9 Å². The number of nitrogens with one attached hydrogen (secondary N) is 1. The fourth-order valence-electron chi connectivity index (χ4n) is 13.8. The van der Waals surface area contributed by atoms with Crippen molar-refractivity contribution in [2.45, 2.75) is 240 Å². The lowest BCUT2D eigenvalue weighted by Crippen LogP contribution is -2.51. The fourth-order valence-corrected chi connectivity index (χ4v) is 13.8. The van der Waals surface area contributed by atoms with E-state index >= 15 is 0 Å². The molecular formula is C60H104N2O6. The van der Waals surface area contributed by atoms with Crippen LogP contribution in [0, 0.1) is 46.3 Å². The Morgan fingerprint density at radius 2 is 1.51 bits per heavy atom. The number of hydrogen-bond acceptors (Lipinski definition) is 7. The molecule has 0 bridgehead atoms. The first-order valence-electron chi connectivity index (χ1n) is 29.0. The smallest absolute Gasteiger partial charge is 0.408 e. The molecule has 10 atom stereocenters. The number of hydrogen-bond donors (Lipinski definition) is 1. The van der Waals surface area contributed by atoms with Gasteiger partial charge in [0.05, 0.1) is 25.9 Å². The minimum Gasteiger partial charge on any atom is -0.464 e. The molecule has 0 radical (unpaired) electrons. The molecule has 0 spiro atoms. The molecule has 68 heavy (non-hydrogen) atoms. The second-order valence-electron chi connectivity index (χ2n) is 23.5. The Labute approximate surface area is 417 Å². The Bertz CT molecular complexity index is 1520. The number of unbranched alkanes of at least 4 members (excludes halogenated alkanes) is 9.